The molecule has 0 bridgehead atoms. The van der Waals surface area contributed by atoms with E-state index in [9.17, 15) is 8.78 Å². The third kappa shape index (κ3) is 3.87. The Kier molecular flexibility index (Phi) is 5.35. The first-order valence-electron chi connectivity index (χ1n) is 5.34. The van der Waals surface area contributed by atoms with Gasteiger partial charge in [-0.15, -0.1) is 0 Å². The van der Waals surface area contributed by atoms with Crippen LogP contribution in [0.3, 0.4) is 0 Å². The minimum Gasteiger partial charge on any atom is -0.353 e. The zero-order valence-corrected chi connectivity index (χ0v) is 9.50. The summed E-state index contributed by atoms with van der Waals surface area (Å²) >= 11 is 0. The van der Waals surface area contributed by atoms with Crippen LogP contribution in [0.2, 0.25) is 0 Å². The monoisotopic (exact) mass is 230 g/mol. The minimum absolute atomic E-state index is 0.286. The van der Waals surface area contributed by atoms with Gasteiger partial charge in [0.15, 0.2) is 6.29 Å². The molecule has 0 saturated heterocycles. The standard InChI is InChI=1S/C12H16F2O2/c1-3-15-12(16-4-2)7-9-5-6-10(13)8-11(9)14/h5-6,8,12H,3-4,7H2,1-2H3. The third-order valence-electron chi connectivity index (χ3n) is 2.11. The van der Waals surface area contributed by atoms with Gasteiger partial charge in [0.2, 0.25) is 0 Å². The van der Waals surface area contributed by atoms with E-state index in [1.165, 1.54) is 12.1 Å². The molecule has 0 aromatic heterocycles. The summed E-state index contributed by atoms with van der Waals surface area (Å²) < 4.78 is 36.6. The Morgan fingerprint density at radius 1 is 1.12 bits per heavy atom. The fourth-order valence-corrected chi connectivity index (χ4v) is 1.40. The van der Waals surface area contributed by atoms with Gasteiger partial charge in [-0.3, -0.25) is 0 Å². The molecule has 1 rings (SSSR count). The van der Waals surface area contributed by atoms with Crippen molar-refractivity contribution in [3.05, 3.63) is 35.4 Å². The Labute approximate surface area is 94.2 Å². The van der Waals surface area contributed by atoms with E-state index < -0.39 is 17.9 Å². The zero-order chi connectivity index (χ0) is 12.0. The quantitative estimate of drug-likeness (QED) is 0.699. The van der Waals surface area contributed by atoms with E-state index in [1.807, 2.05) is 13.8 Å². The Bertz CT molecular complexity index is 323. The molecule has 1 aromatic carbocycles. The number of hydrogen-bond acceptors (Lipinski definition) is 2. The van der Waals surface area contributed by atoms with E-state index in [-0.39, 0.29) is 6.42 Å². The Morgan fingerprint density at radius 3 is 2.25 bits per heavy atom. The molecule has 0 atom stereocenters. The van der Waals surface area contributed by atoms with Crippen molar-refractivity contribution >= 4 is 0 Å². The maximum absolute atomic E-state index is 13.3. The average molecular weight is 230 g/mol. The smallest absolute Gasteiger partial charge is 0.161 e. The summed E-state index contributed by atoms with van der Waals surface area (Å²) in [6.07, 6.45) is -0.191. The summed E-state index contributed by atoms with van der Waals surface area (Å²) in [5.74, 6) is -1.14. The predicted molar refractivity (Wildman–Crippen MR) is 57.1 cm³/mol. The van der Waals surface area contributed by atoms with Gasteiger partial charge in [0.1, 0.15) is 11.6 Å². The Morgan fingerprint density at radius 2 is 1.75 bits per heavy atom. The molecular weight excluding hydrogens is 214 g/mol. The van der Waals surface area contributed by atoms with Crippen LogP contribution in [-0.4, -0.2) is 19.5 Å². The largest absolute Gasteiger partial charge is 0.353 e. The summed E-state index contributed by atoms with van der Waals surface area (Å²) in [7, 11) is 0. The van der Waals surface area contributed by atoms with Gasteiger partial charge in [0.05, 0.1) is 0 Å². The third-order valence-corrected chi connectivity index (χ3v) is 2.11. The lowest BCUT2D eigenvalue weighted by Gasteiger charge is -2.17. The van der Waals surface area contributed by atoms with Crippen LogP contribution < -0.4 is 0 Å². The molecule has 0 aliphatic carbocycles. The summed E-state index contributed by atoms with van der Waals surface area (Å²) in [4.78, 5) is 0. The molecule has 16 heavy (non-hydrogen) atoms. The van der Waals surface area contributed by atoms with Gasteiger partial charge in [-0.2, -0.15) is 0 Å². The molecule has 0 aliphatic heterocycles. The second-order valence-electron chi connectivity index (χ2n) is 3.28. The zero-order valence-electron chi connectivity index (χ0n) is 9.50. The number of hydrogen-bond donors (Lipinski definition) is 0. The molecular formula is C12H16F2O2. The van der Waals surface area contributed by atoms with Crippen molar-refractivity contribution in [1.82, 2.24) is 0 Å². The molecule has 0 unspecified atom stereocenters. The molecule has 0 fully saturated rings. The van der Waals surface area contributed by atoms with Crippen LogP contribution in [0, 0.1) is 11.6 Å². The van der Waals surface area contributed by atoms with Crippen molar-refractivity contribution in [2.75, 3.05) is 13.2 Å². The Balaban J connectivity index is 2.68. The van der Waals surface area contributed by atoms with Crippen molar-refractivity contribution in [1.29, 1.82) is 0 Å². The molecule has 0 heterocycles. The first-order valence-corrected chi connectivity index (χ1v) is 5.34. The number of halogens is 2. The highest BCUT2D eigenvalue weighted by molar-refractivity contribution is 5.18. The van der Waals surface area contributed by atoms with E-state index in [4.69, 9.17) is 9.47 Å². The number of rotatable bonds is 6. The van der Waals surface area contributed by atoms with Crippen molar-refractivity contribution < 1.29 is 18.3 Å². The van der Waals surface area contributed by atoms with Gasteiger partial charge >= 0.3 is 0 Å². The maximum Gasteiger partial charge on any atom is 0.161 e. The maximum atomic E-state index is 13.3. The van der Waals surface area contributed by atoms with Crippen molar-refractivity contribution in [2.45, 2.75) is 26.6 Å². The van der Waals surface area contributed by atoms with E-state index >= 15 is 0 Å². The average Bonchev–Trinajstić information content (AvgIpc) is 2.23. The molecule has 0 amide bonds. The molecule has 4 heteroatoms. The predicted octanol–water partition coefficient (Wildman–Crippen LogP) is 2.91. The molecule has 1 aromatic rings. The SMILES string of the molecule is CCOC(Cc1ccc(F)cc1F)OCC. The van der Waals surface area contributed by atoms with Crippen LogP contribution in [0.5, 0.6) is 0 Å². The lowest BCUT2D eigenvalue weighted by Crippen LogP contribution is -2.20. The topological polar surface area (TPSA) is 18.5 Å². The van der Waals surface area contributed by atoms with Gasteiger partial charge in [-0.1, -0.05) is 6.07 Å². The van der Waals surface area contributed by atoms with E-state index in [2.05, 4.69) is 0 Å². The van der Waals surface area contributed by atoms with Crippen molar-refractivity contribution in [2.24, 2.45) is 0 Å². The van der Waals surface area contributed by atoms with Gasteiger partial charge in [-0.25, -0.2) is 8.78 Å². The summed E-state index contributed by atoms with van der Waals surface area (Å²) in [6, 6.07) is 3.51. The number of benzene rings is 1. The lowest BCUT2D eigenvalue weighted by atomic mass is 10.1. The van der Waals surface area contributed by atoms with E-state index in [0.29, 0.717) is 18.8 Å². The molecule has 0 N–H and O–H groups in total. The fourth-order valence-electron chi connectivity index (χ4n) is 1.40. The highest BCUT2D eigenvalue weighted by atomic mass is 19.1. The first kappa shape index (κ1) is 13.1. The molecule has 2 nitrogen and oxygen atoms in total. The summed E-state index contributed by atoms with van der Waals surface area (Å²) in [5.41, 5.74) is 0.397. The van der Waals surface area contributed by atoms with Crippen LogP contribution in [0.1, 0.15) is 19.4 Å². The first-order chi connectivity index (χ1) is 7.67. The van der Waals surface area contributed by atoms with Crippen molar-refractivity contribution in [3.8, 4) is 0 Å². The van der Waals surface area contributed by atoms with Crippen LogP contribution in [-0.2, 0) is 15.9 Å². The second kappa shape index (κ2) is 6.55. The van der Waals surface area contributed by atoms with Gasteiger partial charge < -0.3 is 9.47 Å². The van der Waals surface area contributed by atoms with Gasteiger partial charge in [-0.05, 0) is 25.5 Å². The van der Waals surface area contributed by atoms with Crippen LogP contribution in [0.15, 0.2) is 18.2 Å². The van der Waals surface area contributed by atoms with E-state index in [1.54, 1.807) is 0 Å². The van der Waals surface area contributed by atoms with E-state index in [0.717, 1.165) is 6.07 Å². The van der Waals surface area contributed by atoms with Gasteiger partial charge in [0, 0.05) is 25.7 Å². The normalized spacial score (nSPS) is 11.1. The summed E-state index contributed by atoms with van der Waals surface area (Å²) in [6.45, 7) is 4.67. The molecule has 0 saturated carbocycles. The minimum atomic E-state index is -0.578. The van der Waals surface area contributed by atoms with Crippen LogP contribution >= 0.6 is 0 Å². The Hall–Kier alpha value is -1.00. The summed E-state index contributed by atoms with van der Waals surface area (Å²) in [5, 5.41) is 0. The molecule has 0 aliphatic rings. The molecule has 90 valence electrons. The highest BCUT2D eigenvalue weighted by Crippen LogP contribution is 2.13. The lowest BCUT2D eigenvalue weighted by molar-refractivity contribution is -0.134. The fraction of sp³-hybridized carbons (Fsp3) is 0.500. The number of ether oxygens (including phenoxy) is 2. The van der Waals surface area contributed by atoms with Crippen LogP contribution in [0.4, 0.5) is 8.78 Å². The van der Waals surface area contributed by atoms with Crippen molar-refractivity contribution in [3.63, 3.8) is 0 Å². The molecule has 0 radical (unpaired) electrons. The van der Waals surface area contributed by atoms with Gasteiger partial charge in [0.25, 0.3) is 0 Å². The highest BCUT2D eigenvalue weighted by Gasteiger charge is 2.12. The second-order valence-corrected chi connectivity index (χ2v) is 3.28. The molecule has 0 spiro atoms. The van der Waals surface area contributed by atoms with Crippen LogP contribution in [0.25, 0.3) is 0 Å².